The molecule has 0 amide bonds. The minimum Gasteiger partial charge on any atom is -0.476 e. The molecule has 0 atom stereocenters. The van der Waals surface area contributed by atoms with Gasteiger partial charge in [-0.1, -0.05) is 12.8 Å². The standard InChI is InChI=1S/C18H25N3O/c1-21(2)11-12-22-18-17-8-7-16(13-14(17)9-10-19-18)20-15-5-3-4-6-15/h7-10,13,15,20H,3-6,11-12H2,1-2H3. The quantitative estimate of drug-likeness (QED) is 0.885. The van der Waals surface area contributed by atoms with E-state index in [0.717, 1.165) is 17.8 Å². The van der Waals surface area contributed by atoms with E-state index in [-0.39, 0.29) is 0 Å². The van der Waals surface area contributed by atoms with Crippen LogP contribution in [0, 0.1) is 0 Å². The highest BCUT2D eigenvalue weighted by Gasteiger charge is 2.14. The molecule has 1 aromatic carbocycles. The van der Waals surface area contributed by atoms with Crippen LogP contribution in [0.4, 0.5) is 5.69 Å². The number of hydrogen-bond donors (Lipinski definition) is 1. The molecule has 2 aromatic rings. The fourth-order valence-electron chi connectivity index (χ4n) is 2.99. The zero-order valence-corrected chi connectivity index (χ0v) is 13.5. The first kappa shape index (κ1) is 15.1. The molecule has 4 heteroatoms. The molecule has 0 bridgehead atoms. The van der Waals surface area contributed by atoms with Gasteiger partial charge in [0.1, 0.15) is 6.61 Å². The Hall–Kier alpha value is -1.81. The summed E-state index contributed by atoms with van der Waals surface area (Å²) in [5.74, 6) is 0.728. The van der Waals surface area contributed by atoms with E-state index in [1.54, 1.807) is 0 Å². The monoisotopic (exact) mass is 299 g/mol. The van der Waals surface area contributed by atoms with Gasteiger partial charge >= 0.3 is 0 Å². The molecule has 22 heavy (non-hydrogen) atoms. The zero-order valence-electron chi connectivity index (χ0n) is 13.5. The van der Waals surface area contributed by atoms with Crippen LogP contribution < -0.4 is 10.1 Å². The highest BCUT2D eigenvalue weighted by Crippen LogP contribution is 2.28. The van der Waals surface area contributed by atoms with E-state index < -0.39 is 0 Å². The number of aromatic nitrogens is 1. The molecular weight excluding hydrogens is 274 g/mol. The first-order valence-electron chi connectivity index (χ1n) is 8.15. The van der Waals surface area contributed by atoms with Crippen molar-refractivity contribution in [1.29, 1.82) is 0 Å². The maximum atomic E-state index is 5.83. The molecule has 4 nitrogen and oxygen atoms in total. The van der Waals surface area contributed by atoms with Crippen LogP contribution in [0.5, 0.6) is 5.88 Å². The topological polar surface area (TPSA) is 37.4 Å². The largest absolute Gasteiger partial charge is 0.476 e. The number of ether oxygens (including phenoxy) is 1. The lowest BCUT2D eigenvalue weighted by atomic mass is 10.1. The Labute approximate surface area is 132 Å². The van der Waals surface area contributed by atoms with Gasteiger partial charge in [-0.25, -0.2) is 4.98 Å². The van der Waals surface area contributed by atoms with Crippen molar-refractivity contribution in [2.75, 3.05) is 32.6 Å². The van der Waals surface area contributed by atoms with Gasteiger partial charge in [0.05, 0.1) is 0 Å². The summed E-state index contributed by atoms with van der Waals surface area (Å²) in [6.07, 6.45) is 7.09. The number of rotatable bonds is 6. The number of pyridine rings is 1. The van der Waals surface area contributed by atoms with E-state index >= 15 is 0 Å². The van der Waals surface area contributed by atoms with Gasteiger partial charge < -0.3 is 15.0 Å². The van der Waals surface area contributed by atoms with E-state index in [1.807, 2.05) is 26.4 Å². The summed E-state index contributed by atoms with van der Waals surface area (Å²) in [6, 6.07) is 9.14. The molecule has 0 radical (unpaired) electrons. The minimum absolute atomic E-state index is 0.634. The summed E-state index contributed by atoms with van der Waals surface area (Å²) in [6.45, 7) is 1.54. The van der Waals surface area contributed by atoms with E-state index in [4.69, 9.17) is 4.74 Å². The fourth-order valence-corrected chi connectivity index (χ4v) is 2.99. The molecule has 118 valence electrons. The first-order chi connectivity index (χ1) is 10.7. The van der Waals surface area contributed by atoms with Crippen LogP contribution in [0.15, 0.2) is 30.5 Å². The number of likely N-dealkylation sites (N-methyl/N-ethyl adjacent to an activating group) is 1. The summed E-state index contributed by atoms with van der Waals surface area (Å²) in [4.78, 5) is 6.48. The molecule has 0 unspecified atom stereocenters. The third-order valence-corrected chi connectivity index (χ3v) is 4.23. The molecule has 0 spiro atoms. The normalized spacial score (nSPS) is 15.6. The van der Waals surface area contributed by atoms with E-state index in [9.17, 15) is 0 Å². The van der Waals surface area contributed by atoms with Crippen molar-refractivity contribution in [3.05, 3.63) is 30.5 Å². The highest BCUT2D eigenvalue weighted by molar-refractivity contribution is 5.89. The van der Waals surface area contributed by atoms with Gasteiger partial charge in [-0.15, -0.1) is 0 Å². The van der Waals surface area contributed by atoms with Crippen molar-refractivity contribution < 1.29 is 4.74 Å². The van der Waals surface area contributed by atoms with Crippen molar-refractivity contribution in [2.24, 2.45) is 0 Å². The number of hydrogen-bond acceptors (Lipinski definition) is 4. The van der Waals surface area contributed by atoms with Crippen LogP contribution in [0.2, 0.25) is 0 Å². The van der Waals surface area contributed by atoms with Crippen molar-refractivity contribution in [3.63, 3.8) is 0 Å². The molecule has 1 N–H and O–H groups in total. The van der Waals surface area contributed by atoms with Gasteiger partial charge in [-0.05, 0) is 56.6 Å². The molecule has 1 aliphatic carbocycles. The lowest BCUT2D eigenvalue weighted by molar-refractivity contribution is 0.256. The molecule has 3 rings (SSSR count). The maximum absolute atomic E-state index is 5.83. The molecule has 0 saturated heterocycles. The molecule has 0 aliphatic heterocycles. The number of nitrogens with zero attached hydrogens (tertiary/aromatic N) is 2. The Balaban J connectivity index is 1.74. The Kier molecular flexibility index (Phi) is 4.78. The summed E-state index contributed by atoms with van der Waals surface area (Å²) in [7, 11) is 4.09. The van der Waals surface area contributed by atoms with Crippen LogP contribution in [-0.4, -0.2) is 43.2 Å². The van der Waals surface area contributed by atoms with Gasteiger partial charge in [0.2, 0.25) is 5.88 Å². The second-order valence-electron chi connectivity index (χ2n) is 6.33. The number of fused-ring (bicyclic) bond motifs is 1. The highest BCUT2D eigenvalue weighted by atomic mass is 16.5. The van der Waals surface area contributed by atoms with Crippen LogP contribution >= 0.6 is 0 Å². The number of anilines is 1. The lowest BCUT2D eigenvalue weighted by Crippen LogP contribution is -2.19. The second-order valence-corrected chi connectivity index (χ2v) is 6.33. The summed E-state index contributed by atoms with van der Waals surface area (Å²) in [5.41, 5.74) is 1.20. The smallest absolute Gasteiger partial charge is 0.221 e. The maximum Gasteiger partial charge on any atom is 0.221 e. The molecular formula is C18H25N3O. The molecule has 1 aromatic heterocycles. The average molecular weight is 299 g/mol. The second kappa shape index (κ2) is 6.97. The summed E-state index contributed by atoms with van der Waals surface area (Å²) >= 11 is 0. The van der Waals surface area contributed by atoms with E-state index in [0.29, 0.717) is 12.6 Å². The Morgan fingerprint density at radius 1 is 1.23 bits per heavy atom. The van der Waals surface area contributed by atoms with Crippen molar-refractivity contribution in [1.82, 2.24) is 9.88 Å². The van der Waals surface area contributed by atoms with Crippen LogP contribution in [0.25, 0.3) is 10.8 Å². The van der Waals surface area contributed by atoms with Crippen LogP contribution in [-0.2, 0) is 0 Å². The van der Waals surface area contributed by atoms with E-state index in [1.165, 1.54) is 36.8 Å². The number of nitrogens with one attached hydrogen (secondary N) is 1. The van der Waals surface area contributed by atoms with Gasteiger partial charge in [0.15, 0.2) is 0 Å². The molecule has 1 heterocycles. The van der Waals surface area contributed by atoms with Gasteiger partial charge in [0, 0.05) is 29.9 Å². The fraction of sp³-hybridized carbons (Fsp3) is 0.500. The van der Waals surface area contributed by atoms with E-state index in [2.05, 4.69) is 33.4 Å². The van der Waals surface area contributed by atoms with Crippen molar-refractivity contribution >= 4 is 16.5 Å². The lowest BCUT2D eigenvalue weighted by Gasteiger charge is -2.15. The first-order valence-corrected chi connectivity index (χ1v) is 8.15. The van der Waals surface area contributed by atoms with Crippen LogP contribution in [0.3, 0.4) is 0 Å². The molecule has 1 saturated carbocycles. The third-order valence-electron chi connectivity index (χ3n) is 4.23. The van der Waals surface area contributed by atoms with Gasteiger partial charge in [-0.3, -0.25) is 0 Å². The van der Waals surface area contributed by atoms with Crippen LogP contribution in [0.1, 0.15) is 25.7 Å². The SMILES string of the molecule is CN(C)CCOc1nccc2cc(NC3CCCC3)ccc12. The average Bonchev–Trinajstić information content (AvgIpc) is 3.00. The third kappa shape index (κ3) is 3.69. The summed E-state index contributed by atoms with van der Waals surface area (Å²) in [5, 5.41) is 5.90. The van der Waals surface area contributed by atoms with Crippen molar-refractivity contribution in [3.8, 4) is 5.88 Å². The van der Waals surface area contributed by atoms with Gasteiger partial charge in [0.25, 0.3) is 0 Å². The predicted molar refractivity (Wildman–Crippen MR) is 91.7 cm³/mol. The zero-order chi connectivity index (χ0) is 15.4. The predicted octanol–water partition coefficient (Wildman–Crippen LogP) is 3.53. The Bertz CT molecular complexity index is 621. The Morgan fingerprint density at radius 2 is 2.05 bits per heavy atom. The minimum atomic E-state index is 0.634. The molecule has 1 fully saturated rings. The summed E-state index contributed by atoms with van der Waals surface area (Å²) < 4.78 is 5.83. The molecule has 1 aliphatic rings. The Morgan fingerprint density at radius 3 is 2.82 bits per heavy atom. The number of benzene rings is 1. The van der Waals surface area contributed by atoms with Crippen molar-refractivity contribution in [2.45, 2.75) is 31.7 Å². The van der Waals surface area contributed by atoms with Gasteiger partial charge in [-0.2, -0.15) is 0 Å².